The van der Waals surface area contributed by atoms with E-state index in [2.05, 4.69) is 24.0 Å². The summed E-state index contributed by atoms with van der Waals surface area (Å²) in [6, 6.07) is 25.0. The molecule has 3 aromatic carbocycles. The van der Waals surface area contributed by atoms with Crippen LogP contribution in [-0.4, -0.2) is 35.7 Å². The van der Waals surface area contributed by atoms with Crippen molar-refractivity contribution in [2.75, 3.05) is 13.7 Å². The number of aryl methyl sites for hydroxylation is 1. The van der Waals surface area contributed by atoms with E-state index in [1.165, 1.54) is 0 Å². The lowest BCUT2D eigenvalue weighted by atomic mass is 10.0. The van der Waals surface area contributed by atoms with Gasteiger partial charge in [-0.15, -0.1) is 0 Å². The van der Waals surface area contributed by atoms with Crippen LogP contribution in [0.25, 0.3) is 11.5 Å². The van der Waals surface area contributed by atoms with Crippen LogP contribution in [0, 0.1) is 6.92 Å². The predicted octanol–water partition coefficient (Wildman–Crippen LogP) is 7.78. The summed E-state index contributed by atoms with van der Waals surface area (Å²) in [4.78, 5) is 19.9. The Morgan fingerprint density at radius 1 is 0.925 bits per heavy atom. The van der Waals surface area contributed by atoms with Crippen LogP contribution in [0.4, 0.5) is 4.79 Å². The van der Waals surface area contributed by atoms with Crippen LogP contribution in [0.3, 0.4) is 0 Å². The van der Waals surface area contributed by atoms with Crippen LogP contribution in [0.1, 0.15) is 55.7 Å². The molecular weight excluding hydrogens is 504 g/mol. The first-order valence-electron chi connectivity index (χ1n) is 13.9. The van der Waals surface area contributed by atoms with Gasteiger partial charge in [0.05, 0.1) is 25.5 Å². The molecule has 0 bridgehead atoms. The molecule has 0 saturated carbocycles. The molecule has 1 saturated heterocycles. The van der Waals surface area contributed by atoms with Gasteiger partial charge in [-0.2, -0.15) is 0 Å². The summed E-state index contributed by atoms with van der Waals surface area (Å²) in [7, 11) is 1.61. The van der Waals surface area contributed by atoms with Gasteiger partial charge in [0.25, 0.3) is 0 Å². The van der Waals surface area contributed by atoms with Crippen molar-refractivity contribution in [1.82, 2.24) is 9.88 Å². The third-order valence-corrected chi connectivity index (χ3v) is 7.42. The molecule has 1 unspecified atom stereocenters. The Balaban J connectivity index is 1.22. The van der Waals surface area contributed by atoms with E-state index >= 15 is 0 Å². The second kappa shape index (κ2) is 12.7. The van der Waals surface area contributed by atoms with Gasteiger partial charge in [-0.3, -0.25) is 4.90 Å². The fraction of sp³-hybridized carbons (Fsp3) is 0.333. The Kier molecular flexibility index (Phi) is 8.69. The van der Waals surface area contributed by atoms with Gasteiger partial charge in [0.15, 0.2) is 0 Å². The van der Waals surface area contributed by atoms with Gasteiger partial charge in [0, 0.05) is 18.0 Å². The number of ether oxygens (including phenoxy) is 3. The highest BCUT2D eigenvalue weighted by Gasteiger charge is 2.33. The highest BCUT2D eigenvalue weighted by atomic mass is 16.6. The van der Waals surface area contributed by atoms with Crippen LogP contribution in [0.15, 0.2) is 83.3 Å². The number of amides is 1. The molecule has 0 radical (unpaired) electrons. The number of carbonyl (C=O) groups excluding carboxylic acids is 1. The van der Waals surface area contributed by atoms with Gasteiger partial charge in [0.1, 0.15) is 23.0 Å². The molecule has 40 heavy (non-hydrogen) atoms. The maximum atomic E-state index is 13.4. The van der Waals surface area contributed by atoms with Crippen LogP contribution in [0.5, 0.6) is 17.2 Å². The molecule has 7 heteroatoms. The summed E-state index contributed by atoms with van der Waals surface area (Å²) in [6.45, 7) is 4.52. The summed E-state index contributed by atoms with van der Waals surface area (Å²) in [5.74, 6) is 3.44. The van der Waals surface area contributed by atoms with E-state index in [9.17, 15) is 4.79 Å². The van der Waals surface area contributed by atoms with Gasteiger partial charge in [-0.05, 0) is 80.8 Å². The first-order valence-corrected chi connectivity index (χ1v) is 13.9. The number of carbonyl (C=O) groups is 1. The molecule has 2 atom stereocenters. The normalized spacial score (nSPS) is 17.2. The SMILES string of the molecule is COc1ccc(OC(=O)N2C(c3ccc(OCCc4nc(-c5ccccc5)oc4C)cc3)CCCC[C@H]2C)cc1. The van der Waals surface area contributed by atoms with Crippen LogP contribution < -0.4 is 14.2 Å². The Hall–Kier alpha value is -4.26. The van der Waals surface area contributed by atoms with Crippen molar-refractivity contribution in [3.63, 3.8) is 0 Å². The van der Waals surface area contributed by atoms with Crippen LogP contribution in [-0.2, 0) is 6.42 Å². The third kappa shape index (κ3) is 6.47. The standard InChI is InChI=1S/C33H36N2O5/c1-23-9-7-8-12-31(35(23)33(36)40-29-19-17-27(37-3)18-20-29)25-13-15-28(16-14-25)38-22-21-30-24(2)39-32(34-30)26-10-5-4-6-11-26/h4-6,10-11,13-20,23,31H,7-9,12,21-22H2,1-3H3/t23-,31?/m1/s1. The molecule has 0 aliphatic carbocycles. The van der Waals surface area contributed by atoms with Gasteiger partial charge in [-0.25, -0.2) is 9.78 Å². The average Bonchev–Trinajstić information content (AvgIpc) is 3.24. The minimum atomic E-state index is -0.331. The van der Waals surface area contributed by atoms with Crippen LogP contribution >= 0.6 is 0 Å². The lowest BCUT2D eigenvalue weighted by molar-refractivity contribution is 0.110. The summed E-state index contributed by atoms with van der Waals surface area (Å²) < 4.78 is 22.9. The van der Waals surface area contributed by atoms with Crippen molar-refractivity contribution in [3.05, 3.63) is 95.9 Å². The summed E-state index contributed by atoms with van der Waals surface area (Å²) in [5.41, 5.74) is 2.93. The summed E-state index contributed by atoms with van der Waals surface area (Å²) >= 11 is 0. The fourth-order valence-electron chi connectivity index (χ4n) is 5.21. The zero-order valence-corrected chi connectivity index (χ0v) is 23.3. The van der Waals surface area contributed by atoms with Gasteiger partial charge < -0.3 is 18.6 Å². The highest BCUT2D eigenvalue weighted by Crippen LogP contribution is 2.35. The first kappa shape index (κ1) is 27.3. The lowest BCUT2D eigenvalue weighted by Gasteiger charge is -2.34. The average molecular weight is 541 g/mol. The molecule has 5 rings (SSSR count). The molecule has 4 aromatic rings. The number of methoxy groups -OCH3 is 1. The predicted molar refractivity (Wildman–Crippen MR) is 154 cm³/mol. The molecule has 1 fully saturated rings. The molecule has 208 valence electrons. The van der Waals surface area contributed by atoms with E-state index in [1.807, 2.05) is 54.3 Å². The highest BCUT2D eigenvalue weighted by molar-refractivity contribution is 5.72. The molecule has 7 nitrogen and oxygen atoms in total. The molecule has 1 aliphatic heterocycles. The number of benzene rings is 3. The van der Waals surface area contributed by atoms with E-state index in [1.54, 1.807) is 31.4 Å². The second-order valence-electron chi connectivity index (χ2n) is 10.2. The molecule has 1 aliphatic rings. The molecular formula is C33H36N2O5. The van der Waals surface area contributed by atoms with E-state index in [0.717, 1.165) is 59.8 Å². The van der Waals surface area contributed by atoms with E-state index in [4.69, 9.17) is 18.6 Å². The molecule has 2 heterocycles. The monoisotopic (exact) mass is 540 g/mol. The molecule has 1 amide bonds. The van der Waals surface area contributed by atoms with Crippen molar-refractivity contribution in [1.29, 1.82) is 0 Å². The van der Waals surface area contributed by atoms with E-state index in [0.29, 0.717) is 24.7 Å². The first-order chi connectivity index (χ1) is 19.5. The topological polar surface area (TPSA) is 74.0 Å². The number of likely N-dealkylation sites (tertiary alicyclic amines) is 1. The lowest BCUT2D eigenvalue weighted by Crippen LogP contribution is -2.42. The number of aromatic nitrogens is 1. The number of rotatable bonds is 8. The Bertz CT molecular complexity index is 1380. The number of oxazole rings is 1. The maximum absolute atomic E-state index is 13.4. The largest absolute Gasteiger partial charge is 0.497 e. The smallest absolute Gasteiger partial charge is 0.415 e. The van der Waals surface area contributed by atoms with Gasteiger partial charge >= 0.3 is 6.09 Å². The molecule has 1 aromatic heterocycles. The summed E-state index contributed by atoms with van der Waals surface area (Å²) in [6.07, 6.45) is 4.29. The zero-order valence-electron chi connectivity index (χ0n) is 23.3. The quantitative estimate of drug-likeness (QED) is 0.227. The minimum absolute atomic E-state index is 0.0634. The molecule has 0 N–H and O–H groups in total. The van der Waals surface area contributed by atoms with Gasteiger partial charge in [-0.1, -0.05) is 43.2 Å². The van der Waals surface area contributed by atoms with Crippen molar-refractivity contribution >= 4 is 6.09 Å². The molecule has 0 spiro atoms. The van der Waals surface area contributed by atoms with E-state index < -0.39 is 0 Å². The third-order valence-electron chi connectivity index (χ3n) is 7.42. The van der Waals surface area contributed by atoms with Crippen molar-refractivity contribution in [2.45, 2.75) is 58.0 Å². The van der Waals surface area contributed by atoms with Crippen molar-refractivity contribution in [2.24, 2.45) is 0 Å². The number of nitrogens with zero attached hydrogens (tertiary/aromatic N) is 2. The van der Waals surface area contributed by atoms with Crippen molar-refractivity contribution < 1.29 is 23.4 Å². The number of hydrogen-bond donors (Lipinski definition) is 0. The number of hydrogen-bond acceptors (Lipinski definition) is 6. The maximum Gasteiger partial charge on any atom is 0.415 e. The Morgan fingerprint density at radius 3 is 2.33 bits per heavy atom. The van der Waals surface area contributed by atoms with Crippen LogP contribution in [0.2, 0.25) is 0 Å². The van der Waals surface area contributed by atoms with Crippen molar-refractivity contribution in [3.8, 4) is 28.7 Å². The zero-order chi connectivity index (χ0) is 27.9. The van der Waals surface area contributed by atoms with Gasteiger partial charge in [0.2, 0.25) is 5.89 Å². The van der Waals surface area contributed by atoms with E-state index in [-0.39, 0.29) is 18.2 Å². The Labute approximate surface area is 235 Å². The Morgan fingerprint density at radius 2 is 1.60 bits per heavy atom. The summed E-state index contributed by atoms with van der Waals surface area (Å²) in [5, 5.41) is 0. The fourth-order valence-corrected chi connectivity index (χ4v) is 5.21. The second-order valence-corrected chi connectivity index (χ2v) is 10.2. The minimum Gasteiger partial charge on any atom is -0.497 e.